The Labute approximate surface area is 198 Å². The third kappa shape index (κ3) is 4.86. The minimum Gasteiger partial charge on any atom is -0.482 e. The lowest BCUT2D eigenvalue weighted by molar-refractivity contribution is -0.139. The van der Waals surface area contributed by atoms with Crippen molar-refractivity contribution in [1.29, 1.82) is 0 Å². The van der Waals surface area contributed by atoms with Crippen molar-refractivity contribution in [3.63, 3.8) is 0 Å². The molecule has 3 aromatic carbocycles. The summed E-state index contributed by atoms with van der Waals surface area (Å²) in [6, 6.07) is 26.7. The summed E-state index contributed by atoms with van der Waals surface area (Å²) < 4.78 is 5.50. The quantitative estimate of drug-likeness (QED) is 0.417. The molecule has 6 nitrogen and oxygen atoms in total. The van der Waals surface area contributed by atoms with Gasteiger partial charge in [0, 0.05) is 0 Å². The van der Waals surface area contributed by atoms with Crippen LogP contribution in [0.3, 0.4) is 0 Å². The van der Waals surface area contributed by atoms with Crippen molar-refractivity contribution in [2.75, 3.05) is 6.61 Å². The molecular weight excluding hydrogens is 426 g/mol. The summed E-state index contributed by atoms with van der Waals surface area (Å²) in [6.45, 7) is 0.430. The number of nitrogens with zero attached hydrogens (tertiary/aromatic N) is 3. The molecule has 1 aromatic heterocycles. The number of benzene rings is 3. The second kappa shape index (κ2) is 9.91. The molecule has 1 heterocycles. The number of aliphatic carboxylic acids is 1. The highest BCUT2D eigenvalue weighted by Crippen LogP contribution is 2.33. The van der Waals surface area contributed by atoms with Crippen molar-refractivity contribution < 1.29 is 14.6 Å². The Hall–Kier alpha value is -3.93. The van der Waals surface area contributed by atoms with Crippen LogP contribution in [0, 0.1) is 5.92 Å². The van der Waals surface area contributed by atoms with E-state index >= 15 is 0 Å². The van der Waals surface area contributed by atoms with Gasteiger partial charge in [0.25, 0.3) is 0 Å². The molecule has 0 radical (unpaired) electrons. The van der Waals surface area contributed by atoms with Gasteiger partial charge in [0.1, 0.15) is 5.75 Å². The van der Waals surface area contributed by atoms with Gasteiger partial charge < -0.3 is 9.84 Å². The first-order valence-corrected chi connectivity index (χ1v) is 11.6. The van der Waals surface area contributed by atoms with E-state index in [1.165, 1.54) is 16.7 Å². The fourth-order valence-electron chi connectivity index (χ4n) is 4.87. The summed E-state index contributed by atoms with van der Waals surface area (Å²) in [5, 5.41) is 18.4. The van der Waals surface area contributed by atoms with Crippen molar-refractivity contribution in [3.05, 3.63) is 113 Å². The molecule has 5 rings (SSSR count). The Morgan fingerprint density at radius 1 is 1.00 bits per heavy atom. The summed E-state index contributed by atoms with van der Waals surface area (Å²) in [5.41, 5.74) is 5.68. The molecule has 1 aliphatic carbocycles. The zero-order valence-corrected chi connectivity index (χ0v) is 18.9. The molecule has 1 atom stereocenters. The first-order chi connectivity index (χ1) is 16.7. The van der Waals surface area contributed by atoms with E-state index in [-0.39, 0.29) is 12.5 Å². The average molecular weight is 454 g/mol. The Kier molecular flexibility index (Phi) is 6.38. The van der Waals surface area contributed by atoms with E-state index < -0.39 is 5.97 Å². The second-order valence-corrected chi connectivity index (χ2v) is 8.76. The molecule has 4 aromatic rings. The van der Waals surface area contributed by atoms with Crippen LogP contribution >= 0.6 is 0 Å². The summed E-state index contributed by atoms with van der Waals surface area (Å²) in [4.78, 5) is 12.7. The van der Waals surface area contributed by atoms with Gasteiger partial charge >= 0.3 is 5.97 Å². The van der Waals surface area contributed by atoms with Gasteiger partial charge in [-0.1, -0.05) is 72.8 Å². The lowest BCUT2D eigenvalue weighted by Crippen LogP contribution is -2.22. The zero-order valence-electron chi connectivity index (χ0n) is 18.9. The predicted molar refractivity (Wildman–Crippen MR) is 129 cm³/mol. The topological polar surface area (TPSA) is 77.2 Å². The molecule has 172 valence electrons. The van der Waals surface area contributed by atoms with E-state index in [0.29, 0.717) is 11.7 Å². The first kappa shape index (κ1) is 21.9. The van der Waals surface area contributed by atoms with Gasteiger partial charge in [0.2, 0.25) is 0 Å². The molecule has 34 heavy (non-hydrogen) atoms. The lowest BCUT2D eigenvalue weighted by atomic mass is 9.83. The van der Waals surface area contributed by atoms with Crippen molar-refractivity contribution in [3.8, 4) is 5.75 Å². The Balaban J connectivity index is 1.33. The van der Waals surface area contributed by atoms with Crippen LogP contribution in [0.5, 0.6) is 5.75 Å². The highest BCUT2D eigenvalue weighted by atomic mass is 16.5. The normalized spacial score (nSPS) is 15.1. The van der Waals surface area contributed by atoms with Crippen molar-refractivity contribution in [1.82, 2.24) is 15.0 Å². The van der Waals surface area contributed by atoms with Crippen LogP contribution in [0.1, 0.15) is 40.3 Å². The van der Waals surface area contributed by atoms with E-state index in [0.717, 1.165) is 37.1 Å². The molecule has 1 aliphatic rings. The molecule has 0 aliphatic heterocycles. The molecule has 0 saturated carbocycles. The molecule has 0 spiro atoms. The standard InChI is InChI=1S/C28H27N3O3/c32-27(33)19-34-26-13-7-12-23-16-20(14-15-24(23)26)18-31-29-17-25(30-31)28(21-8-3-1-4-9-21)22-10-5-2-6-11-22/h1-13,17,20,28H,14-16,18-19H2,(H,32,33). The molecule has 0 saturated heterocycles. The summed E-state index contributed by atoms with van der Waals surface area (Å²) in [7, 11) is 0. The van der Waals surface area contributed by atoms with Gasteiger partial charge in [-0.05, 0) is 53.5 Å². The lowest BCUT2D eigenvalue weighted by Gasteiger charge is -2.25. The maximum Gasteiger partial charge on any atom is 0.341 e. The number of fused-ring (bicyclic) bond motifs is 1. The van der Waals surface area contributed by atoms with Crippen molar-refractivity contribution >= 4 is 5.97 Å². The van der Waals surface area contributed by atoms with E-state index in [1.54, 1.807) is 0 Å². The maximum absolute atomic E-state index is 10.9. The minimum atomic E-state index is -0.962. The maximum atomic E-state index is 10.9. The fourth-order valence-corrected chi connectivity index (χ4v) is 4.87. The van der Waals surface area contributed by atoms with Gasteiger partial charge in [-0.25, -0.2) is 4.79 Å². The number of ether oxygens (including phenoxy) is 1. The smallest absolute Gasteiger partial charge is 0.341 e. The Bertz CT molecular complexity index is 1210. The second-order valence-electron chi connectivity index (χ2n) is 8.76. The van der Waals surface area contributed by atoms with E-state index in [2.05, 4.69) is 59.7 Å². The summed E-state index contributed by atoms with van der Waals surface area (Å²) in [5.74, 6) is 0.175. The van der Waals surface area contributed by atoms with Gasteiger partial charge in [-0.3, -0.25) is 0 Å². The van der Waals surface area contributed by atoms with Crippen molar-refractivity contribution in [2.45, 2.75) is 31.7 Å². The van der Waals surface area contributed by atoms with Gasteiger partial charge in [-0.15, -0.1) is 0 Å². The van der Waals surface area contributed by atoms with Crippen LogP contribution in [0.2, 0.25) is 0 Å². The molecular formula is C28H27N3O3. The largest absolute Gasteiger partial charge is 0.482 e. The zero-order chi connectivity index (χ0) is 23.3. The highest BCUT2D eigenvalue weighted by Gasteiger charge is 2.24. The minimum absolute atomic E-state index is 0.0391. The SMILES string of the molecule is O=C(O)COc1cccc2c1CCC(Cn1ncc(C(c3ccccc3)c3ccccc3)n1)C2. The number of carboxylic acids is 1. The Morgan fingerprint density at radius 2 is 1.71 bits per heavy atom. The fraction of sp³-hybridized carbons (Fsp3) is 0.250. The number of carboxylic acid groups (broad SMARTS) is 1. The van der Waals surface area contributed by atoms with Gasteiger partial charge in [0.05, 0.1) is 24.4 Å². The van der Waals surface area contributed by atoms with Gasteiger partial charge in [0.15, 0.2) is 6.61 Å². The van der Waals surface area contributed by atoms with Crippen molar-refractivity contribution in [2.24, 2.45) is 5.92 Å². The van der Waals surface area contributed by atoms with Crippen LogP contribution in [0.4, 0.5) is 0 Å². The van der Waals surface area contributed by atoms with Crippen LogP contribution < -0.4 is 4.74 Å². The van der Waals surface area contributed by atoms with Crippen LogP contribution in [-0.4, -0.2) is 32.7 Å². The molecule has 0 amide bonds. The van der Waals surface area contributed by atoms with E-state index in [9.17, 15) is 4.79 Å². The third-order valence-electron chi connectivity index (χ3n) is 6.43. The van der Waals surface area contributed by atoms with Gasteiger partial charge in [-0.2, -0.15) is 15.0 Å². The number of aromatic nitrogens is 3. The number of hydrogen-bond donors (Lipinski definition) is 1. The van der Waals surface area contributed by atoms with Crippen LogP contribution in [0.15, 0.2) is 85.1 Å². The summed E-state index contributed by atoms with van der Waals surface area (Å²) in [6.07, 6.45) is 4.63. The van der Waals surface area contributed by atoms with Crippen LogP contribution in [0.25, 0.3) is 0 Å². The number of carbonyl (C=O) groups is 1. The van der Waals surface area contributed by atoms with E-state index in [1.807, 2.05) is 35.3 Å². The summed E-state index contributed by atoms with van der Waals surface area (Å²) >= 11 is 0. The molecule has 1 unspecified atom stereocenters. The van der Waals surface area contributed by atoms with E-state index in [4.69, 9.17) is 14.9 Å². The molecule has 0 bridgehead atoms. The molecule has 1 N–H and O–H groups in total. The molecule has 0 fully saturated rings. The average Bonchev–Trinajstić information content (AvgIpc) is 3.31. The van der Waals surface area contributed by atoms with Crippen LogP contribution in [-0.2, 0) is 24.2 Å². The Morgan fingerprint density at radius 3 is 2.38 bits per heavy atom. The number of rotatable bonds is 8. The monoisotopic (exact) mass is 453 g/mol. The highest BCUT2D eigenvalue weighted by molar-refractivity contribution is 5.68. The first-order valence-electron chi connectivity index (χ1n) is 11.6. The predicted octanol–water partition coefficient (Wildman–Crippen LogP) is 4.73. The number of hydrogen-bond acceptors (Lipinski definition) is 4. The molecule has 6 heteroatoms. The third-order valence-corrected chi connectivity index (χ3v) is 6.43.